The molecule has 0 bridgehead atoms. The minimum absolute atomic E-state index is 0.0139. The number of methoxy groups -OCH3 is 1. The Bertz CT molecular complexity index is 1000. The van der Waals surface area contributed by atoms with Gasteiger partial charge in [0.1, 0.15) is 11.3 Å². The van der Waals surface area contributed by atoms with Crippen LogP contribution in [0.25, 0.3) is 11.0 Å². The number of halogens is 2. The summed E-state index contributed by atoms with van der Waals surface area (Å²) < 4.78 is 11.2. The third-order valence-corrected chi connectivity index (χ3v) is 4.22. The Balaban J connectivity index is 1.67. The van der Waals surface area contributed by atoms with E-state index < -0.39 is 0 Å². The first-order valence-electron chi connectivity index (χ1n) is 7.36. The topological polar surface area (TPSA) is 99.9 Å². The van der Waals surface area contributed by atoms with Gasteiger partial charge in [-0.25, -0.2) is 4.98 Å². The number of amidine groups is 1. The van der Waals surface area contributed by atoms with E-state index in [4.69, 9.17) is 31.3 Å². The van der Waals surface area contributed by atoms with Crippen molar-refractivity contribution < 1.29 is 18.8 Å². The van der Waals surface area contributed by atoms with Crippen LogP contribution in [0.15, 0.2) is 50.4 Å². The molecule has 0 unspecified atom stereocenters. The Morgan fingerprint density at radius 2 is 2.15 bits per heavy atom. The summed E-state index contributed by atoms with van der Waals surface area (Å²) in [5.74, 6) is 0.146. The van der Waals surface area contributed by atoms with Crippen molar-refractivity contribution in [2.45, 2.75) is 0 Å². The van der Waals surface area contributed by atoms with Gasteiger partial charge in [-0.1, -0.05) is 16.8 Å². The summed E-state index contributed by atoms with van der Waals surface area (Å²) in [6, 6.07) is 10.1. The molecule has 7 nitrogen and oxygen atoms in total. The second-order valence-corrected chi connectivity index (χ2v) is 6.44. The molecule has 9 heteroatoms. The maximum atomic E-state index is 12.2. The summed E-state index contributed by atoms with van der Waals surface area (Å²) in [4.78, 5) is 21.3. The lowest BCUT2D eigenvalue weighted by Gasteiger charge is -2.05. The van der Waals surface area contributed by atoms with Crippen LogP contribution < -0.4 is 10.5 Å². The molecule has 0 atom stereocenters. The van der Waals surface area contributed by atoms with Gasteiger partial charge in [-0.15, -0.1) is 0 Å². The SMILES string of the molecule is COc1nc(/C(N)=N/OCC(=O)c2cc3ccc(Cl)cc3o2)ccc1Br. The molecule has 0 aliphatic heterocycles. The zero-order chi connectivity index (χ0) is 18.7. The summed E-state index contributed by atoms with van der Waals surface area (Å²) in [5, 5.41) is 5.01. The Morgan fingerprint density at radius 1 is 1.35 bits per heavy atom. The number of nitrogens with zero attached hydrogens (tertiary/aromatic N) is 2. The summed E-state index contributed by atoms with van der Waals surface area (Å²) in [6.45, 7) is -0.331. The van der Waals surface area contributed by atoms with Gasteiger partial charge in [-0.3, -0.25) is 4.79 Å². The van der Waals surface area contributed by atoms with E-state index in [1.807, 2.05) is 0 Å². The Kier molecular flexibility index (Phi) is 5.43. The first kappa shape index (κ1) is 18.2. The number of ether oxygens (including phenoxy) is 1. The van der Waals surface area contributed by atoms with Crippen LogP contribution in [0.2, 0.25) is 5.02 Å². The van der Waals surface area contributed by atoms with Gasteiger partial charge in [0.2, 0.25) is 11.7 Å². The van der Waals surface area contributed by atoms with Crippen molar-refractivity contribution in [1.29, 1.82) is 0 Å². The minimum Gasteiger partial charge on any atom is -0.480 e. The normalized spacial score (nSPS) is 11.6. The second kappa shape index (κ2) is 7.76. The second-order valence-electron chi connectivity index (χ2n) is 5.15. The van der Waals surface area contributed by atoms with Crippen molar-refractivity contribution in [3.05, 3.63) is 57.3 Å². The minimum atomic E-state index is -0.379. The lowest BCUT2D eigenvalue weighted by Crippen LogP contribution is -2.17. The predicted octanol–water partition coefficient (Wildman–Crippen LogP) is 3.77. The highest BCUT2D eigenvalue weighted by atomic mass is 79.9. The van der Waals surface area contributed by atoms with Gasteiger partial charge in [-0.2, -0.15) is 0 Å². The van der Waals surface area contributed by atoms with Gasteiger partial charge >= 0.3 is 0 Å². The van der Waals surface area contributed by atoms with Crippen molar-refractivity contribution >= 4 is 50.1 Å². The van der Waals surface area contributed by atoms with Crippen molar-refractivity contribution in [3.8, 4) is 5.88 Å². The van der Waals surface area contributed by atoms with Crippen LogP contribution in [0.3, 0.4) is 0 Å². The summed E-state index contributed by atoms with van der Waals surface area (Å²) in [7, 11) is 1.49. The van der Waals surface area contributed by atoms with Gasteiger partial charge < -0.3 is 19.7 Å². The number of hydrogen-bond donors (Lipinski definition) is 1. The van der Waals surface area contributed by atoms with Crippen LogP contribution in [0.1, 0.15) is 16.2 Å². The number of furan rings is 1. The third kappa shape index (κ3) is 3.97. The molecule has 1 aromatic carbocycles. The number of benzene rings is 1. The van der Waals surface area contributed by atoms with E-state index in [-0.39, 0.29) is 24.0 Å². The molecule has 0 aliphatic rings. The number of ketones is 1. The van der Waals surface area contributed by atoms with Crippen LogP contribution in [0.4, 0.5) is 0 Å². The molecular weight excluding hydrogens is 426 g/mol. The number of hydrogen-bond acceptors (Lipinski definition) is 6. The fraction of sp³-hybridized carbons (Fsp3) is 0.118. The molecule has 0 radical (unpaired) electrons. The standard InChI is InChI=1S/C17H13BrClN3O4/c1-24-17-11(18)4-5-12(21-17)16(20)22-25-8-13(23)15-6-9-2-3-10(19)7-14(9)26-15/h2-7H,8H2,1H3,(H2,20,22). The molecule has 0 fully saturated rings. The number of carbonyl (C=O) groups excluding carboxylic acids is 1. The summed E-state index contributed by atoms with van der Waals surface area (Å²) >= 11 is 9.19. The number of carbonyl (C=O) groups is 1. The van der Waals surface area contributed by atoms with Crippen LogP contribution in [0, 0.1) is 0 Å². The smallest absolute Gasteiger partial charge is 0.238 e. The van der Waals surface area contributed by atoms with E-state index in [9.17, 15) is 4.79 Å². The quantitative estimate of drug-likeness (QED) is 0.272. The lowest BCUT2D eigenvalue weighted by molar-refractivity contribution is 0.0750. The summed E-state index contributed by atoms with van der Waals surface area (Å²) in [6.07, 6.45) is 0. The fourth-order valence-electron chi connectivity index (χ4n) is 2.13. The average molecular weight is 439 g/mol. The number of aromatic nitrogens is 1. The molecule has 3 rings (SSSR count). The summed E-state index contributed by atoms with van der Waals surface area (Å²) in [5.41, 5.74) is 6.69. The molecule has 3 aromatic rings. The van der Waals surface area contributed by atoms with E-state index in [1.165, 1.54) is 7.11 Å². The highest BCUT2D eigenvalue weighted by Gasteiger charge is 2.14. The molecule has 0 aliphatic carbocycles. The molecule has 0 spiro atoms. The van der Waals surface area contributed by atoms with E-state index in [0.717, 1.165) is 5.39 Å². The van der Waals surface area contributed by atoms with Gasteiger partial charge in [0.05, 0.1) is 11.6 Å². The molecule has 2 aromatic heterocycles. The maximum Gasteiger partial charge on any atom is 0.238 e. The zero-order valence-corrected chi connectivity index (χ0v) is 15.9. The molecule has 0 saturated heterocycles. The Hall–Kier alpha value is -2.58. The first-order valence-corrected chi connectivity index (χ1v) is 8.53. The van der Waals surface area contributed by atoms with Crippen LogP contribution in [0.5, 0.6) is 5.88 Å². The highest BCUT2D eigenvalue weighted by Crippen LogP contribution is 2.23. The van der Waals surface area contributed by atoms with E-state index >= 15 is 0 Å². The van der Waals surface area contributed by atoms with Crippen molar-refractivity contribution in [2.24, 2.45) is 10.9 Å². The monoisotopic (exact) mass is 437 g/mol. The van der Waals surface area contributed by atoms with Gasteiger partial charge in [-0.05, 0) is 46.3 Å². The van der Waals surface area contributed by atoms with Crippen molar-refractivity contribution in [1.82, 2.24) is 4.98 Å². The van der Waals surface area contributed by atoms with Crippen LogP contribution in [-0.2, 0) is 4.84 Å². The van der Waals surface area contributed by atoms with Gasteiger partial charge in [0, 0.05) is 16.5 Å². The molecule has 0 amide bonds. The molecule has 2 heterocycles. The number of fused-ring (bicyclic) bond motifs is 1. The molecule has 26 heavy (non-hydrogen) atoms. The number of nitrogens with two attached hydrogens (primary N) is 1. The van der Waals surface area contributed by atoms with Crippen LogP contribution >= 0.6 is 27.5 Å². The lowest BCUT2D eigenvalue weighted by atomic mass is 10.2. The first-order chi connectivity index (χ1) is 12.5. The fourth-order valence-corrected chi connectivity index (χ4v) is 2.67. The molecule has 134 valence electrons. The van der Waals surface area contributed by atoms with Crippen LogP contribution in [-0.4, -0.2) is 30.3 Å². The number of pyridine rings is 1. The molecule has 2 N–H and O–H groups in total. The maximum absolute atomic E-state index is 12.2. The number of oxime groups is 1. The van der Waals surface area contributed by atoms with E-state index in [0.29, 0.717) is 26.7 Å². The zero-order valence-electron chi connectivity index (χ0n) is 13.5. The Morgan fingerprint density at radius 3 is 2.92 bits per heavy atom. The molecular formula is C17H13BrClN3O4. The highest BCUT2D eigenvalue weighted by molar-refractivity contribution is 9.10. The largest absolute Gasteiger partial charge is 0.480 e. The van der Waals surface area contributed by atoms with Gasteiger partial charge in [0.25, 0.3) is 0 Å². The average Bonchev–Trinajstić information content (AvgIpc) is 3.05. The van der Waals surface area contributed by atoms with Gasteiger partial charge in [0.15, 0.2) is 18.2 Å². The third-order valence-electron chi connectivity index (χ3n) is 3.39. The number of Topliss-reactive ketones (excluding diaryl/α,β-unsaturated/α-hetero) is 1. The number of rotatable bonds is 6. The van der Waals surface area contributed by atoms with E-state index in [2.05, 4.69) is 26.1 Å². The molecule has 0 saturated carbocycles. The van der Waals surface area contributed by atoms with E-state index in [1.54, 1.807) is 36.4 Å². The van der Waals surface area contributed by atoms with Crippen molar-refractivity contribution in [3.63, 3.8) is 0 Å². The van der Waals surface area contributed by atoms with Crippen molar-refractivity contribution in [2.75, 3.05) is 13.7 Å². The Labute approximate surface area is 161 Å². The predicted molar refractivity (Wildman–Crippen MR) is 101 cm³/mol.